The van der Waals surface area contributed by atoms with Gasteiger partial charge in [-0.15, -0.1) is 0 Å². The van der Waals surface area contributed by atoms with Crippen LogP contribution in [0.15, 0.2) is 71.8 Å². The molecule has 0 saturated heterocycles. The van der Waals surface area contributed by atoms with Crippen molar-refractivity contribution in [3.8, 4) is 0 Å². The summed E-state index contributed by atoms with van der Waals surface area (Å²) in [6.45, 7) is 2.92. The maximum atomic E-state index is 12.3. The summed E-state index contributed by atoms with van der Waals surface area (Å²) in [7, 11) is 0. The van der Waals surface area contributed by atoms with E-state index in [0.29, 0.717) is 32.1 Å². The quantitative estimate of drug-likeness (QED) is 0.322. The number of benzene rings is 2. The van der Waals surface area contributed by atoms with Crippen LogP contribution in [0.5, 0.6) is 0 Å². The van der Waals surface area contributed by atoms with E-state index in [2.05, 4.69) is 20.3 Å². The molecule has 2 heterocycles. The molecule has 35 heavy (non-hydrogen) atoms. The number of hydrogen-bond acceptors (Lipinski definition) is 7. The van der Waals surface area contributed by atoms with Crippen molar-refractivity contribution in [2.75, 3.05) is 18.5 Å². The molecule has 0 unspecified atom stereocenters. The van der Waals surface area contributed by atoms with Crippen molar-refractivity contribution in [1.82, 2.24) is 19.5 Å². The molecule has 4 aromatic rings. The lowest BCUT2D eigenvalue weighted by molar-refractivity contribution is -0.114. The third-order valence-corrected chi connectivity index (χ3v) is 5.05. The summed E-state index contributed by atoms with van der Waals surface area (Å²) < 4.78 is 19.4. The van der Waals surface area contributed by atoms with Gasteiger partial charge in [-0.25, -0.2) is 4.98 Å². The molecule has 2 aromatic carbocycles. The molecule has 0 radical (unpaired) electrons. The van der Waals surface area contributed by atoms with Gasteiger partial charge in [-0.2, -0.15) is 4.98 Å². The molecule has 182 valence electrons. The Morgan fingerprint density at radius 3 is 2.17 bits per heavy atom. The van der Waals surface area contributed by atoms with Gasteiger partial charge in [-0.05, 0) is 11.1 Å². The number of H-pyrrole nitrogens is 1. The Hall–Kier alpha value is -3.86. The van der Waals surface area contributed by atoms with Gasteiger partial charge in [0, 0.05) is 6.92 Å². The fraction of sp³-hybridized carbons (Fsp3) is 0.280. The number of anilines is 1. The molecule has 0 spiro atoms. The van der Waals surface area contributed by atoms with Crippen molar-refractivity contribution >= 4 is 23.0 Å². The highest BCUT2D eigenvalue weighted by molar-refractivity contribution is 5.87. The molecule has 0 aliphatic carbocycles. The van der Waals surface area contributed by atoms with E-state index in [-0.39, 0.29) is 30.2 Å². The monoisotopic (exact) mass is 477 g/mol. The highest BCUT2D eigenvalue weighted by atomic mass is 16.6. The molecule has 0 bridgehead atoms. The average Bonchev–Trinajstić information content (AvgIpc) is 3.26. The second kappa shape index (κ2) is 12.0. The zero-order valence-corrected chi connectivity index (χ0v) is 19.3. The van der Waals surface area contributed by atoms with E-state index in [1.54, 1.807) is 4.57 Å². The van der Waals surface area contributed by atoms with Crippen LogP contribution in [0.1, 0.15) is 18.1 Å². The van der Waals surface area contributed by atoms with E-state index in [4.69, 9.17) is 14.2 Å². The van der Waals surface area contributed by atoms with Crippen LogP contribution in [-0.4, -0.2) is 44.7 Å². The highest BCUT2D eigenvalue weighted by Gasteiger charge is 2.15. The maximum Gasteiger partial charge on any atom is 0.280 e. The summed E-state index contributed by atoms with van der Waals surface area (Å²) in [5, 5.41) is 2.48. The number of carbonyl (C=O) groups excluding carboxylic acids is 1. The van der Waals surface area contributed by atoms with Crippen LogP contribution in [0.25, 0.3) is 11.2 Å². The number of nitrogens with one attached hydrogen (secondary N) is 2. The van der Waals surface area contributed by atoms with E-state index >= 15 is 0 Å². The smallest absolute Gasteiger partial charge is 0.280 e. The largest absolute Gasteiger partial charge is 0.374 e. The van der Waals surface area contributed by atoms with Gasteiger partial charge in [-0.3, -0.25) is 24.5 Å². The number of nitrogens with zero attached hydrogens (tertiary/aromatic N) is 3. The SMILES string of the molecule is CC(=O)Nc1nc2c(ncn2COC(COCc2ccccc2)COCc2ccccc2)c(=O)[nH]1. The van der Waals surface area contributed by atoms with Crippen molar-refractivity contribution in [2.45, 2.75) is 33.0 Å². The van der Waals surface area contributed by atoms with Crippen LogP contribution in [0, 0.1) is 0 Å². The highest BCUT2D eigenvalue weighted by Crippen LogP contribution is 2.11. The number of ether oxygens (including phenoxy) is 3. The molecule has 4 rings (SSSR count). The second-order valence-corrected chi connectivity index (χ2v) is 7.90. The van der Waals surface area contributed by atoms with Crippen LogP contribution in [0.3, 0.4) is 0 Å². The molecule has 2 aromatic heterocycles. The number of aromatic nitrogens is 4. The molecule has 0 atom stereocenters. The third-order valence-electron chi connectivity index (χ3n) is 5.05. The zero-order chi connectivity index (χ0) is 24.5. The van der Waals surface area contributed by atoms with Crippen molar-refractivity contribution in [2.24, 2.45) is 0 Å². The summed E-state index contributed by atoms with van der Waals surface area (Å²) in [6, 6.07) is 19.7. The zero-order valence-electron chi connectivity index (χ0n) is 19.3. The fourth-order valence-corrected chi connectivity index (χ4v) is 3.37. The van der Waals surface area contributed by atoms with Crippen molar-refractivity contribution in [3.63, 3.8) is 0 Å². The van der Waals surface area contributed by atoms with Crippen LogP contribution < -0.4 is 10.9 Å². The number of aromatic amines is 1. The first kappa shape index (κ1) is 24.3. The normalized spacial score (nSPS) is 11.3. The lowest BCUT2D eigenvalue weighted by atomic mass is 10.2. The van der Waals surface area contributed by atoms with Gasteiger partial charge in [-0.1, -0.05) is 60.7 Å². The van der Waals surface area contributed by atoms with Crippen molar-refractivity contribution < 1.29 is 19.0 Å². The summed E-state index contributed by atoms with van der Waals surface area (Å²) in [4.78, 5) is 34.5. The minimum absolute atomic E-state index is 0.0469. The first-order chi connectivity index (χ1) is 17.1. The topological polar surface area (TPSA) is 120 Å². The van der Waals surface area contributed by atoms with Gasteiger partial charge in [0.2, 0.25) is 11.9 Å². The minimum Gasteiger partial charge on any atom is -0.374 e. The Balaban J connectivity index is 1.41. The second-order valence-electron chi connectivity index (χ2n) is 7.90. The number of hydrogen-bond donors (Lipinski definition) is 2. The molecule has 1 amide bonds. The number of amides is 1. The van der Waals surface area contributed by atoms with Gasteiger partial charge in [0.25, 0.3) is 5.56 Å². The number of rotatable bonds is 12. The molecular formula is C25H27N5O5. The lowest BCUT2D eigenvalue weighted by Gasteiger charge is -2.19. The van der Waals surface area contributed by atoms with Crippen LogP contribution >= 0.6 is 0 Å². The van der Waals surface area contributed by atoms with Gasteiger partial charge in [0.1, 0.15) is 12.8 Å². The van der Waals surface area contributed by atoms with E-state index in [9.17, 15) is 9.59 Å². The van der Waals surface area contributed by atoms with Gasteiger partial charge >= 0.3 is 0 Å². The number of fused-ring (bicyclic) bond motifs is 1. The van der Waals surface area contributed by atoms with Crippen LogP contribution in [-0.2, 0) is 38.9 Å². The Bertz CT molecular complexity index is 1240. The van der Waals surface area contributed by atoms with Crippen LogP contribution in [0.4, 0.5) is 5.95 Å². The first-order valence-electron chi connectivity index (χ1n) is 11.2. The molecule has 0 aliphatic rings. The molecule has 0 saturated carbocycles. The standard InChI is InChI=1S/C25H27N5O5/c1-18(31)27-25-28-23-22(24(32)29-25)26-16-30(23)17-35-21(14-33-12-19-8-4-2-5-9-19)15-34-13-20-10-6-3-7-11-20/h2-11,16,21H,12-15,17H2,1H3,(H2,27,28,29,31,32). The van der Waals surface area contributed by atoms with E-state index in [1.807, 2.05) is 60.7 Å². The number of carbonyl (C=O) groups is 1. The Morgan fingerprint density at radius 2 is 1.60 bits per heavy atom. The fourth-order valence-electron chi connectivity index (χ4n) is 3.37. The Labute approximate surface area is 201 Å². The van der Waals surface area contributed by atoms with E-state index in [1.165, 1.54) is 13.3 Å². The van der Waals surface area contributed by atoms with Crippen molar-refractivity contribution in [1.29, 1.82) is 0 Å². The Kier molecular flexibility index (Phi) is 8.34. The molecule has 0 aliphatic heterocycles. The van der Waals surface area contributed by atoms with Gasteiger partial charge in [0.15, 0.2) is 11.2 Å². The van der Waals surface area contributed by atoms with Gasteiger partial charge < -0.3 is 14.2 Å². The molecule has 10 nitrogen and oxygen atoms in total. The minimum atomic E-state index is -0.452. The lowest BCUT2D eigenvalue weighted by Crippen LogP contribution is -2.27. The summed E-state index contributed by atoms with van der Waals surface area (Å²) in [6.07, 6.45) is 1.09. The summed E-state index contributed by atoms with van der Waals surface area (Å²) in [5.41, 5.74) is 2.12. The Morgan fingerprint density at radius 1 is 1.00 bits per heavy atom. The number of imidazole rings is 1. The average molecular weight is 478 g/mol. The van der Waals surface area contributed by atoms with E-state index < -0.39 is 5.56 Å². The van der Waals surface area contributed by atoms with E-state index in [0.717, 1.165) is 11.1 Å². The van der Waals surface area contributed by atoms with Gasteiger partial charge in [0.05, 0.1) is 32.8 Å². The third kappa shape index (κ3) is 7.06. The molecular weight excluding hydrogens is 450 g/mol. The predicted octanol–water partition coefficient (Wildman–Crippen LogP) is 2.85. The summed E-state index contributed by atoms with van der Waals surface area (Å²) >= 11 is 0. The molecule has 2 N–H and O–H groups in total. The van der Waals surface area contributed by atoms with Crippen molar-refractivity contribution in [3.05, 3.63) is 88.5 Å². The first-order valence-corrected chi connectivity index (χ1v) is 11.2. The molecule has 10 heteroatoms. The summed E-state index contributed by atoms with van der Waals surface area (Å²) in [5.74, 6) is -0.299. The maximum absolute atomic E-state index is 12.3. The predicted molar refractivity (Wildman–Crippen MR) is 130 cm³/mol. The van der Waals surface area contributed by atoms with Crippen LogP contribution in [0.2, 0.25) is 0 Å². The molecule has 0 fully saturated rings.